The van der Waals surface area contributed by atoms with Gasteiger partial charge >= 0.3 is 0 Å². The maximum Gasteiger partial charge on any atom is 0.288 e. The molecule has 3 N–H and O–H groups in total. The van der Waals surface area contributed by atoms with Crippen molar-refractivity contribution in [1.29, 1.82) is 0 Å². The predicted molar refractivity (Wildman–Crippen MR) is 104 cm³/mol. The van der Waals surface area contributed by atoms with Crippen molar-refractivity contribution in [3.05, 3.63) is 74.5 Å². The Bertz CT molecular complexity index is 1250. The third-order valence-corrected chi connectivity index (χ3v) is 5.10. The zero-order valence-electron chi connectivity index (χ0n) is 14.2. The van der Waals surface area contributed by atoms with E-state index in [4.69, 9.17) is 0 Å². The summed E-state index contributed by atoms with van der Waals surface area (Å²) in [6.07, 6.45) is 0. The standard InChI is InChI=1S/C18H12BrN7O2/c19-11-6-4-9(5-7-11)14-13-15(17(28)22-21-14)20-18-23-24-25-26(18)16(13)10-2-1-3-12(27)8-10/h1-8,16,27H,(H,22,28)(H,20,23,25). The molecule has 1 aliphatic heterocycles. The first-order chi connectivity index (χ1) is 13.6. The molecule has 0 radical (unpaired) electrons. The quantitative estimate of drug-likeness (QED) is 0.387. The zero-order valence-corrected chi connectivity index (χ0v) is 15.8. The lowest BCUT2D eigenvalue weighted by Gasteiger charge is -2.27. The molecule has 28 heavy (non-hydrogen) atoms. The van der Waals surface area contributed by atoms with Crippen molar-refractivity contribution in [2.24, 2.45) is 0 Å². The molecule has 5 rings (SSSR count). The molecule has 3 heterocycles. The molecule has 0 bridgehead atoms. The fourth-order valence-corrected chi connectivity index (χ4v) is 3.63. The van der Waals surface area contributed by atoms with E-state index in [0.29, 0.717) is 22.9 Å². The second-order valence-corrected chi connectivity index (χ2v) is 7.18. The van der Waals surface area contributed by atoms with E-state index in [1.54, 1.807) is 22.9 Å². The Morgan fingerprint density at radius 3 is 2.75 bits per heavy atom. The summed E-state index contributed by atoms with van der Waals surface area (Å²) in [7, 11) is 0. The SMILES string of the molecule is O=c1[nH]nc(-c2ccc(Br)cc2)c2c1Nc1nnnn1C2c1cccc(O)c1. The number of halogens is 1. The average Bonchev–Trinajstić information content (AvgIpc) is 3.16. The zero-order chi connectivity index (χ0) is 19.3. The van der Waals surface area contributed by atoms with Crippen LogP contribution in [0.4, 0.5) is 11.6 Å². The number of rotatable bonds is 2. The van der Waals surface area contributed by atoms with Crippen LogP contribution in [0, 0.1) is 0 Å². The smallest absolute Gasteiger partial charge is 0.288 e. The molecule has 1 aliphatic rings. The van der Waals surface area contributed by atoms with Crippen molar-refractivity contribution in [2.75, 3.05) is 5.32 Å². The van der Waals surface area contributed by atoms with Gasteiger partial charge in [-0.2, -0.15) is 9.78 Å². The van der Waals surface area contributed by atoms with Crippen LogP contribution in [0.15, 0.2) is 57.8 Å². The number of tetrazole rings is 1. The Balaban J connectivity index is 1.82. The van der Waals surface area contributed by atoms with Crippen LogP contribution in [-0.4, -0.2) is 35.5 Å². The summed E-state index contributed by atoms with van der Waals surface area (Å²) in [5.74, 6) is 0.439. The number of aromatic nitrogens is 6. The van der Waals surface area contributed by atoms with Gasteiger partial charge in [0, 0.05) is 15.6 Å². The normalized spacial score (nSPS) is 14.8. The van der Waals surface area contributed by atoms with E-state index in [2.05, 4.69) is 47.0 Å². The summed E-state index contributed by atoms with van der Waals surface area (Å²) in [6, 6.07) is 13.8. The minimum absolute atomic E-state index is 0.107. The van der Waals surface area contributed by atoms with Gasteiger partial charge in [0.25, 0.3) is 5.56 Å². The van der Waals surface area contributed by atoms with E-state index in [0.717, 1.165) is 15.6 Å². The molecule has 0 amide bonds. The highest BCUT2D eigenvalue weighted by Crippen LogP contribution is 2.41. The maximum atomic E-state index is 12.6. The average molecular weight is 438 g/mol. The van der Waals surface area contributed by atoms with Crippen LogP contribution >= 0.6 is 15.9 Å². The number of nitrogens with zero attached hydrogens (tertiary/aromatic N) is 5. The molecule has 0 saturated heterocycles. The van der Waals surface area contributed by atoms with E-state index in [-0.39, 0.29) is 11.3 Å². The second-order valence-electron chi connectivity index (χ2n) is 6.27. The Kier molecular flexibility index (Phi) is 3.72. The van der Waals surface area contributed by atoms with E-state index in [1.165, 1.54) is 0 Å². The summed E-state index contributed by atoms with van der Waals surface area (Å²) in [5, 5.41) is 31.6. The van der Waals surface area contributed by atoms with Crippen molar-refractivity contribution in [1.82, 2.24) is 30.4 Å². The molecule has 2 aromatic carbocycles. The van der Waals surface area contributed by atoms with Gasteiger partial charge in [0.2, 0.25) is 5.95 Å². The first kappa shape index (κ1) is 16.6. The van der Waals surface area contributed by atoms with Gasteiger partial charge in [0.15, 0.2) is 0 Å². The van der Waals surface area contributed by atoms with Gasteiger partial charge in [0.05, 0.1) is 5.69 Å². The highest BCUT2D eigenvalue weighted by Gasteiger charge is 2.34. The van der Waals surface area contributed by atoms with Crippen molar-refractivity contribution in [2.45, 2.75) is 6.04 Å². The molecule has 10 heteroatoms. The molecule has 0 spiro atoms. The van der Waals surface area contributed by atoms with E-state index in [9.17, 15) is 9.90 Å². The first-order valence-electron chi connectivity index (χ1n) is 8.34. The highest BCUT2D eigenvalue weighted by molar-refractivity contribution is 9.10. The first-order valence-corrected chi connectivity index (χ1v) is 9.13. The summed E-state index contributed by atoms with van der Waals surface area (Å²) >= 11 is 3.43. The monoisotopic (exact) mass is 437 g/mol. The Hall–Kier alpha value is -3.53. The minimum Gasteiger partial charge on any atom is -0.508 e. The van der Waals surface area contributed by atoms with Gasteiger partial charge in [-0.1, -0.05) is 45.3 Å². The summed E-state index contributed by atoms with van der Waals surface area (Å²) in [5.41, 5.74) is 2.70. The number of phenols is 1. The number of hydrogen-bond acceptors (Lipinski definition) is 7. The van der Waals surface area contributed by atoms with Gasteiger partial charge in [-0.25, -0.2) is 5.10 Å². The highest BCUT2D eigenvalue weighted by atomic mass is 79.9. The lowest BCUT2D eigenvalue weighted by molar-refractivity contribution is 0.472. The van der Waals surface area contributed by atoms with Crippen molar-refractivity contribution in [3.63, 3.8) is 0 Å². The molecule has 1 unspecified atom stereocenters. The fraction of sp³-hybridized carbons (Fsp3) is 0.0556. The van der Waals surface area contributed by atoms with Gasteiger partial charge in [-0.05, 0) is 40.3 Å². The molecule has 4 aromatic rings. The molecule has 1 atom stereocenters. The van der Waals surface area contributed by atoms with Crippen LogP contribution in [-0.2, 0) is 0 Å². The van der Waals surface area contributed by atoms with Crippen molar-refractivity contribution < 1.29 is 5.11 Å². The molecule has 0 fully saturated rings. The van der Waals surface area contributed by atoms with Crippen molar-refractivity contribution in [3.8, 4) is 17.0 Å². The number of phenolic OH excluding ortho intramolecular Hbond substituents is 1. The number of hydrogen-bond donors (Lipinski definition) is 3. The van der Waals surface area contributed by atoms with Gasteiger partial charge in [0.1, 0.15) is 17.5 Å². The number of nitrogens with one attached hydrogen (secondary N) is 2. The number of aromatic amines is 1. The van der Waals surface area contributed by atoms with E-state index < -0.39 is 6.04 Å². The molecular weight excluding hydrogens is 426 g/mol. The third-order valence-electron chi connectivity index (χ3n) is 4.57. The summed E-state index contributed by atoms with van der Waals surface area (Å²) in [4.78, 5) is 12.6. The molecular formula is C18H12BrN7O2. The lowest BCUT2D eigenvalue weighted by atomic mass is 9.92. The van der Waals surface area contributed by atoms with Crippen LogP contribution in [0.2, 0.25) is 0 Å². The van der Waals surface area contributed by atoms with Gasteiger partial charge < -0.3 is 10.4 Å². The topological polar surface area (TPSA) is 122 Å². The van der Waals surface area contributed by atoms with Crippen LogP contribution < -0.4 is 10.9 Å². The molecule has 9 nitrogen and oxygen atoms in total. The van der Waals surface area contributed by atoms with Crippen LogP contribution in [0.3, 0.4) is 0 Å². The second kappa shape index (κ2) is 6.27. The molecule has 0 saturated carbocycles. The number of aromatic hydroxyl groups is 1. The summed E-state index contributed by atoms with van der Waals surface area (Å²) < 4.78 is 2.50. The summed E-state index contributed by atoms with van der Waals surface area (Å²) in [6.45, 7) is 0. The van der Waals surface area contributed by atoms with Crippen LogP contribution in [0.5, 0.6) is 5.75 Å². The number of benzene rings is 2. The Morgan fingerprint density at radius 2 is 1.96 bits per heavy atom. The van der Waals surface area contributed by atoms with Gasteiger partial charge in [-0.3, -0.25) is 4.79 Å². The maximum absolute atomic E-state index is 12.6. The number of H-pyrrole nitrogens is 1. The Morgan fingerprint density at radius 1 is 1.14 bits per heavy atom. The minimum atomic E-state index is -0.540. The number of fused-ring (bicyclic) bond motifs is 2. The van der Waals surface area contributed by atoms with Gasteiger partial charge in [-0.15, -0.1) is 0 Å². The largest absolute Gasteiger partial charge is 0.508 e. The molecule has 2 aromatic heterocycles. The molecule has 0 aliphatic carbocycles. The Labute approximate surface area is 166 Å². The van der Waals surface area contributed by atoms with Crippen LogP contribution in [0.25, 0.3) is 11.3 Å². The van der Waals surface area contributed by atoms with Crippen molar-refractivity contribution >= 4 is 27.6 Å². The van der Waals surface area contributed by atoms with E-state index in [1.807, 2.05) is 30.3 Å². The third kappa shape index (κ3) is 2.57. The lowest BCUT2D eigenvalue weighted by Crippen LogP contribution is -2.29. The fourth-order valence-electron chi connectivity index (χ4n) is 3.37. The molecule has 138 valence electrons. The predicted octanol–water partition coefficient (Wildman–Crippen LogP) is 2.59. The van der Waals surface area contributed by atoms with E-state index >= 15 is 0 Å². The van der Waals surface area contributed by atoms with Crippen LogP contribution in [0.1, 0.15) is 17.2 Å². The number of anilines is 2.